The molecular weight excluding hydrogens is 262 g/mol. The molecule has 1 saturated heterocycles. The predicted octanol–water partition coefficient (Wildman–Crippen LogP) is 2.28. The fourth-order valence-electron chi connectivity index (χ4n) is 4.12. The predicted molar refractivity (Wildman–Crippen MR) is 87.1 cm³/mol. The van der Waals surface area contributed by atoms with Gasteiger partial charge in [-0.2, -0.15) is 0 Å². The van der Waals surface area contributed by atoms with Crippen molar-refractivity contribution < 1.29 is 4.79 Å². The molecule has 1 amide bonds. The number of carbonyl (C=O) groups is 1. The number of carbonyl (C=O) groups excluding carboxylic acids is 1. The van der Waals surface area contributed by atoms with Gasteiger partial charge in [-0.15, -0.1) is 0 Å². The Morgan fingerprint density at radius 3 is 2.33 bits per heavy atom. The number of hydrogen-bond acceptors (Lipinski definition) is 3. The van der Waals surface area contributed by atoms with Crippen LogP contribution in [0, 0.1) is 5.41 Å². The van der Waals surface area contributed by atoms with Crippen LogP contribution in [-0.2, 0) is 4.79 Å². The number of rotatable bonds is 6. The average Bonchev–Trinajstić information content (AvgIpc) is 2.48. The average molecular weight is 295 g/mol. The molecule has 0 aromatic heterocycles. The van der Waals surface area contributed by atoms with Crippen LogP contribution in [0.5, 0.6) is 0 Å². The van der Waals surface area contributed by atoms with E-state index in [1.807, 2.05) is 13.8 Å². The minimum absolute atomic E-state index is 0.231. The van der Waals surface area contributed by atoms with Crippen molar-refractivity contribution in [3.63, 3.8) is 0 Å². The van der Waals surface area contributed by atoms with Gasteiger partial charge in [0, 0.05) is 6.54 Å². The van der Waals surface area contributed by atoms with Crippen LogP contribution in [0.1, 0.15) is 65.2 Å². The molecule has 0 radical (unpaired) electrons. The summed E-state index contributed by atoms with van der Waals surface area (Å²) in [5.74, 6) is -0.231. The van der Waals surface area contributed by atoms with Gasteiger partial charge in [0.1, 0.15) is 0 Å². The van der Waals surface area contributed by atoms with E-state index < -0.39 is 5.54 Å². The molecule has 3 N–H and O–H groups in total. The van der Waals surface area contributed by atoms with Crippen LogP contribution in [0.4, 0.5) is 0 Å². The summed E-state index contributed by atoms with van der Waals surface area (Å²) in [6.45, 7) is 8.10. The molecule has 122 valence electrons. The maximum atomic E-state index is 11.7. The number of nitrogens with zero attached hydrogens (tertiary/aromatic N) is 1. The van der Waals surface area contributed by atoms with Crippen LogP contribution in [0.15, 0.2) is 0 Å². The monoisotopic (exact) mass is 295 g/mol. The lowest BCUT2D eigenvalue weighted by Gasteiger charge is -2.45. The highest BCUT2D eigenvalue weighted by Gasteiger charge is 2.36. The summed E-state index contributed by atoms with van der Waals surface area (Å²) in [5, 5.41) is 3.25. The highest BCUT2D eigenvalue weighted by Crippen LogP contribution is 2.44. The Labute approximate surface area is 129 Å². The third-order valence-corrected chi connectivity index (χ3v) is 5.87. The van der Waals surface area contributed by atoms with E-state index >= 15 is 0 Å². The molecular formula is C17H33N3O. The van der Waals surface area contributed by atoms with Gasteiger partial charge < -0.3 is 16.0 Å². The lowest BCUT2D eigenvalue weighted by Crippen LogP contribution is -2.55. The first-order valence-electron chi connectivity index (χ1n) is 8.77. The third kappa shape index (κ3) is 4.19. The summed E-state index contributed by atoms with van der Waals surface area (Å²) in [6.07, 6.45) is 10.7. The minimum Gasteiger partial charge on any atom is -0.368 e. The lowest BCUT2D eigenvalue weighted by molar-refractivity contribution is -0.124. The zero-order valence-electron chi connectivity index (χ0n) is 13.9. The van der Waals surface area contributed by atoms with E-state index in [0.29, 0.717) is 5.41 Å². The van der Waals surface area contributed by atoms with Gasteiger partial charge in [-0.25, -0.2) is 0 Å². The molecule has 4 nitrogen and oxygen atoms in total. The van der Waals surface area contributed by atoms with E-state index in [2.05, 4.69) is 10.2 Å². The van der Waals surface area contributed by atoms with E-state index in [1.165, 1.54) is 58.0 Å². The van der Waals surface area contributed by atoms with Crippen LogP contribution in [-0.4, -0.2) is 42.5 Å². The summed E-state index contributed by atoms with van der Waals surface area (Å²) < 4.78 is 0. The van der Waals surface area contributed by atoms with E-state index in [4.69, 9.17) is 5.73 Å². The number of hydrogen-bond donors (Lipinski definition) is 2. The molecule has 0 aromatic rings. The second-order valence-corrected chi connectivity index (χ2v) is 7.38. The van der Waals surface area contributed by atoms with Crippen LogP contribution >= 0.6 is 0 Å². The number of primary amides is 1. The highest BCUT2D eigenvalue weighted by molar-refractivity contribution is 5.84. The van der Waals surface area contributed by atoms with Crippen molar-refractivity contribution in [3.05, 3.63) is 0 Å². The van der Waals surface area contributed by atoms with Gasteiger partial charge in [-0.05, 0) is 64.1 Å². The van der Waals surface area contributed by atoms with Crippen molar-refractivity contribution in [3.8, 4) is 0 Å². The smallest absolute Gasteiger partial charge is 0.237 e. The van der Waals surface area contributed by atoms with E-state index in [-0.39, 0.29) is 5.91 Å². The standard InChI is InChI=1S/C17H33N3O/c1-3-19-16(2,15(18)21)9-12-20-13-10-17(11-14-20)7-5-4-6-8-17/h19H,3-14H2,1-2H3,(H2,18,21). The molecule has 2 aliphatic rings. The topological polar surface area (TPSA) is 58.4 Å². The van der Waals surface area contributed by atoms with E-state index in [1.54, 1.807) is 0 Å². The SMILES string of the molecule is CCNC(C)(CCN1CCC2(CCCCC2)CC1)C(N)=O. The fraction of sp³-hybridized carbons (Fsp3) is 0.941. The van der Waals surface area contributed by atoms with Gasteiger partial charge in [-0.3, -0.25) is 4.79 Å². The molecule has 1 atom stereocenters. The zero-order chi connectivity index (χ0) is 15.3. The maximum Gasteiger partial charge on any atom is 0.237 e. The Morgan fingerprint density at radius 2 is 1.81 bits per heavy atom. The molecule has 2 rings (SSSR count). The number of amides is 1. The summed E-state index contributed by atoms with van der Waals surface area (Å²) in [4.78, 5) is 14.2. The Bertz CT molecular complexity index is 342. The Kier molecular flexibility index (Phi) is 5.67. The molecule has 4 heteroatoms. The van der Waals surface area contributed by atoms with E-state index in [9.17, 15) is 4.79 Å². The molecule has 21 heavy (non-hydrogen) atoms. The Hall–Kier alpha value is -0.610. The van der Waals surface area contributed by atoms with Gasteiger partial charge in [0.15, 0.2) is 0 Å². The van der Waals surface area contributed by atoms with Gasteiger partial charge in [0.25, 0.3) is 0 Å². The zero-order valence-corrected chi connectivity index (χ0v) is 13.9. The summed E-state index contributed by atoms with van der Waals surface area (Å²) >= 11 is 0. The first kappa shape index (κ1) is 16.8. The lowest BCUT2D eigenvalue weighted by atomic mass is 9.68. The van der Waals surface area contributed by atoms with Gasteiger partial charge in [0.05, 0.1) is 5.54 Å². The first-order valence-corrected chi connectivity index (χ1v) is 8.77. The van der Waals surface area contributed by atoms with Gasteiger partial charge >= 0.3 is 0 Å². The van der Waals surface area contributed by atoms with E-state index in [0.717, 1.165) is 19.5 Å². The number of likely N-dealkylation sites (N-methyl/N-ethyl adjacent to an activating group) is 1. The molecule has 1 heterocycles. The van der Waals surface area contributed by atoms with Crippen molar-refractivity contribution >= 4 is 5.91 Å². The molecule has 0 aromatic carbocycles. The normalized spacial score (nSPS) is 25.6. The third-order valence-electron chi connectivity index (χ3n) is 5.87. The molecule has 1 aliphatic carbocycles. The summed E-state index contributed by atoms with van der Waals surface area (Å²) in [7, 11) is 0. The van der Waals surface area contributed by atoms with Crippen LogP contribution in [0.25, 0.3) is 0 Å². The Morgan fingerprint density at radius 1 is 1.19 bits per heavy atom. The highest BCUT2D eigenvalue weighted by atomic mass is 16.1. The minimum atomic E-state index is -0.561. The van der Waals surface area contributed by atoms with Crippen molar-refractivity contribution in [2.45, 2.75) is 70.8 Å². The molecule has 1 unspecified atom stereocenters. The molecule has 1 aliphatic heterocycles. The molecule has 0 bridgehead atoms. The summed E-state index contributed by atoms with van der Waals surface area (Å²) in [6, 6.07) is 0. The summed E-state index contributed by atoms with van der Waals surface area (Å²) in [5.41, 5.74) is 5.66. The van der Waals surface area contributed by atoms with Crippen molar-refractivity contribution in [2.24, 2.45) is 11.1 Å². The van der Waals surface area contributed by atoms with Crippen molar-refractivity contribution in [2.75, 3.05) is 26.2 Å². The molecule has 1 saturated carbocycles. The second kappa shape index (κ2) is 7.10. The quantitative estimate of drug-likeness (QED) is 0.790. The molecule has 2 fully saturated rings. The first-order chi connectivity index (χ1) is 10.00. The number of nitrogens with two attached hydrogens (primary N) is 1. The molecule has 1 spiro atoms. The van der Waals surface area contributed by atoms with Gasteiger partial charge in [-0.1, -0.05) is 26.2 Å². The number of likely N-dealkylation sites (tertiary alicyclic amines) is 1. The van der Waals surface area contributed by atoms with Gasteiger partial charge in [0.2, 0.25) is 5.91 Å². The van der Waals surface area contributed by atoms with Crippen molar-refractivity contribution in [1.29, 1.82) is 0 Å². The Balaban J connectivity index is 1.79. The fourth-order valence-corrected chi connectivity index (χ4v) is 4.12. The second-order valence-electron chi connectivity index (χ2n) is 7.38. The maximum absolute atomic E-state index is 11.7. The number of nitrogens with one attached hydrogen (secondary N) is 1. The number of piperidine rings is 1. The largest absolute Gasteiger partial charge is 0.368 e. The van der Waals surface area contributed by atoms with Crippen molar-refractivity contribution in [1.82, 2.24) is 10.2 Å². The van der Waals surface area contributed by atoms with Crippen LogP contribution in [0.3, 0.4) is 0 Å². The van der Waals surface area contributed by atoms with Crippen LogP contribution < -0.4 is 11.1 Å². The van der Waals surface area contributed by atoms with Crippen LogP contribution in [0.2, 0.25) is 0 Å².